The van der Waals surface area contributed by atoms with Crippen molar-refractivity contribution in [3.8, 4) is 0 Å². The molecule has 1 aliphatic rings. The van der Waals surface area contributed by atoms with Crippen LogP contribution in [-0.4, -0.2) is 57.8 Å². The Hall–Kier alpha value is -2.37. The number of carbonyl (C=O) groups excluding carboxylic acids is 2. The van der Waals surface area contributed by atoms with Crippen LogP contribution in [0.1, 0.15) is 42.9 Å². The van der Waals surface area contributed by atoms with Crippen LogP contribution in [0.3, 0.4) is 0 Å². The molecule has 6 nitrogen and oxygen atoms in total. The summed E-state index contributed by atoms with van der Waals surface area (Å²) in [7, 11) is 0. The van der Waals surface area contributed by atoms with Gasteiger partial charge in [-0.15, -0.1) is 0 Å². The van der Waals surface area contributed by atoms with Gasteiger partial charge in [0.05, 0.1) is 11.0 Å². The molecule has 2 aromatic rings. The first-order chi connectivity index (χ1) is 11.6. The van der Waals surface area contributed by atoms with Gasteiger partial charge in [0.15, 0.2) is 0 Å². The van der Waals surface area contributed by atoms with Crippen LogP contribution < -0.4 is 0 Å². The molecule has 2 amide bonds. The van der Waals surface area contributed by atoms with Crippen LogP contribution in [-0.2, 0) is 11.2 Å². The van der Waals surface area contributed by atoms with E-state index in [1.807, 2.05) is 41.8 Å². The van der Waals surface area contributed by atoms with Gasteiger partial charge in [0.25, 0.3) is 5.91 Å². The summed E-state index contributed by atoms with van der Waals surface area (Å²) in [6.07, 6.45) is 2.18. The molecule has 2 heterocycles. The largest absolute Gasteiger partial charge is 0.342 e. The lowest BCUT2D eigenvalue weighted by atomic mass is 10.1. The molecule has 0 unspecified atom stereocenters. The molecule has 128 valence electrons. The van der Waals surface area contributed by atoms with E-state index in [0.29, 0.717) is 31.6 Å². The Morgan fingerprint density at radius 1 is 1.12 bits per heavy atom. The van der Waals surface area contributed by atoms with Gasteiger partial charge in [-0.3, -0.25) is 9.59 Å². The standard InChI is InChI=1S/C18H24N4O2/c1-3-16-19-14-7-6-13(12-15(14)20-16)18(24)22-9-5-8-21(10-11-22)17(23)4-2/h6-7,12H,3-5,8-11H2,1-2H3,(H,19,20). The number of nitrogens with zero attached hydrogens (tertiary/aromatic N) is 3. The average molecular weight is 328 g/mol. The number of aromatic nitrogens is 2. The smallest absolute Gasteiger partial charge is 0.253 e. The summed E-state index contributed by atoms with van der Waals surface area (Å²) in [6.45, 7) is 6.55. The van der Waals surface area contributed by atoms with Gasteiger partial charge < -0.3 is 14.8 Å². The van der Waals surface area contributed by atoms with Gasteiger partial charge in [0, 0.05) is 44.6 Å². The van der Waals surface area contributed by atoms with Crippen molar-refractivity contribution in [3.63, 3.8) is 0 Å². The molecule has 3 rings (SSSR count). The highest BCUT2D eigenvalue weighted by Crippen LogP contribution is 2.17. The highest BCUT2D eigenvalue weighted by atomic mass is 16.2. The predicted octanol–water partition coefficient (Wildman–Crippen LogP) is 2.21. The third kappa shape index (κ3) is 3.27. The van der Waals surface area contributed by atoms with E-state index >= 15 is 0 Å². The molecule has 24 heavy (non-hydrogen) atoms. The molecule has 0 saturated carbocycles. The number of H-pyrrole nitrogens is 1. The fourth-order valence-electron chi connectivity index (χ4n) is 3.14. The second kappa shape index (κ2) is 7.03. The van der Waals surface area contributed by atoms with Crippen LogP contribution in [0, 0.1) is 0 Å². The molecule has 1 aliphatic heterocycles. The number of hydrogen-bond donors (Lipinski definition) is 1. The zero-order valence-corrected chi connectivity index (χ0v) is 14.3. The van der Waals surface area contributed by atoms with Gasteiger partial charge in [0.1, 0.15) is 5.82 Å². The fraction of sp³-hybridized carbons (Fsp3) is 0.500. The summed E-state index contributed by atoms with van der Waals surface area (Å²) in [6, 6.07) is 5.61. The lowest BCUT2D eigenvalue weighted by Crippen LogP contribution is -2.37. The zero-order valence-electron chi connectivity index (χ0n) is 14.3. The maximum atomic E-state index is 12.8. The van der Waals surface area contributed by atoms with Crippen LogP contribution in [0.15, 0.2) is 18.2 Å². The number of aryl methyl sites for hydroxylation is 1. The molecule has 0 radical (unpaired) electrons. The van der Waals surface area contributed by atoms with Gasteiger partial charge in [-0.25, -0.2) is 4.98 Å². The van der Waals surface area contributed by atoms with E-state index in [2.05, 4.69) is 9.97 Å². The zero-order chi connectivity index (χ0) is 17.1. The highest BCUT2D eigenvalue weighted by molar-refractivity contribution is 5.97. The fourth-order valence-corrected chi connectivity index (χ4v) is 3.14. The van der Waals surface area contributed by atoms with Crippen molar-refractivity contribution in [1.82, 2.24) is 19.8 Å². The highest BCUT2D eigenvalue weighted by Gasteiger charge is 2.22. The van der Waals surface area contributed by atoms with Crippen LogP contribution in [0.2, 0.25) is 0 Å². The number of carbonyl (C=O) groups is 2. The number of nitrogens with one attached hydrogen (secondary N) is 1. The van der Waals surface area contributed by atoms with Gasteiger partial charge in [-0.05, 0) is 24.6 Å². The Labute approximate surface area is 141 Å². The maximum Gasteiger partial charge on any atom is 0.253 e. The lowest BCUT2D eigenvalue weighted by Gasteiger charge is -2.22. The van der Waals surface area contributed by atoms with Crippen molar-refractivity contribution in [3.05, 3.63) is 29.6 Å². The molecular weight excluding hydrogens is 304 g/mol. The lowest BCUT2D eigenvalue weighted by molar-refractivity contribution is -0.130. The van der Waals surface area contributed by atoms with Crippen molar-refractivity contribution in [2.75, 3.05) is 26.2 Å². The Kier molecular flexibility index (Phi) is 4.83. The molecule has 0 atom stereocenters. The van der Waals surface area contributed by atoms with Crippen LogP contribution in [0.4, 0.5) is 0 Å². The van der Waals surface area contributed by atoms with E-state index in [1.54, 1.807) is 0 Å². The van der Waals surface area contributed by atoms with Crippen LogP contribution in [0.25, 0.3) is 11.0 Å². The average Bonchev–Trinajstić information content (AvgIpc) is 2.87. The third-order valence-electron chi connectivity index (χ3n) is 4.55. The van der Waals surface area contributed by atoms with E-state index < -0.39 is 0 Å². The minimum Gasteiger partial charge on any atom is -0.342 e. The van der Waals surface area contributed by atoms with Crippen LogP contribution in [0.5, 0.6) is 0 Å². The van der Waals surface area contributed by atoms with Crippen LogP contribution >= 0.6 is 0 Å². The molecular formula is C18H24N4O2. The topological polar surface area (TPSA) is 69.3 Å². The SMILES string of the molecule is CCC(=O)N1CCCN(C(=O)c2ccc3nc(CC)[nH]c3c2)CC1. The number of imidazole rings is 1. The van der Waals surface area contributed by atoms with E-state index in [-0.39, 0.29) is 11.8 Å². The quantitative estimate of drug-likeness (QED) is 0.939. The second-order valence-electron chi connectivity index (χ2n) is 6.15. The number of aromatic amines is 1. The first-order valence-corrected chi connectivity index (χ1v) is 8.68. The number of amides is 2. The maximum absolute atomic E-state index is 12.8. The monoisotopic (exact) mass is 328 g/mol. The second-order valence-corrected chi connectivity index (χ2v) is 6.15. The summed E-state index contributed by atoms with van der Waals surface area (Å²) in [5, 5.41) is 0. The molecule has 0 aliphatic carbocycles. The van der Waals surface area contributed by atoms with E-state index in [9.17, 15) is 9.59 Å². The first-order valence-electron chi connectivity index (χ1n) is 8.68. The molecule has 1 saturated heterocycles. The number of rotatable bonds is 3. The summed E-state index contributed by atoms with van der Waals surface area (Å²) < 4.78 is 0. The Balaban J connectivity index is 1.75. The van der Waals surface area contributed by atoms with E-state index in [0.717, 1.165) is 36.2 Å². The number of hydrogen-bond acceptors (Lipinski definition) is 3. The van der Waals surface area contributed by atoms with Crippen molar-refractivity contribution in [1.29, 1.82) is 0 Å². The molecule has 0 bridgehead atoms. The Morgan fingerprint density at radius 2 is 1.88 bits per heavy atom. The van der Waals surface area contributed by atoms with E-state index in [4.69, 9.17) is 0 Å². The molecule has 0 spiro atoms. The molecule has 1 aromatic heterocycles. The normalized spacial score (nSPS) is 15.6. The third-order valence-corrected chi connectivity index (χ3v) is 4.55. The predicted molar refractivity (Wildman–Crippen MR) is 92.9 cm³/mol. The first kappa shape index (κ1) is 16.5. The van der Waals surface area contributed by atoms with Crippen molar-refractivity contribution in [2.24, 2.45) is 0 Å². The minimum absolute atomic E-state index is 0.0235. The summed E-state index contributed by atoms with van der Waals surface area (Å²) >= 11 is 0. The van der Waals surface area contributed by atoms with Gasteiger partial charge in [-0.2, -0.15) is 0 Å². The molecule has 1 aromatic carbocycles. The Bertz CT molecular complexity index is 753. The van der Waals surface area contributed by atoms with Gasteiger partial charge >= 0.3 is 0 Å². The van der Waals surface area contributed by atoms with E-state index in [1.165, 1.54) is 0 Å². The van der Waals surface area contributed by atoms with Crippen molar-refractivity contribution >= 4 is 22.8 Å². The molecule has 6 heteroatoms. The number of benzene rings is 1. The van der Waals surface area contributed by atoms with Gasteiger partial charge in [0.2, 0.25) is 5.91 Å². The summed E-state index contributed by atoms with van der Waals surface area (Å²) in [4.78, 5) is 36.1. The minimum atomic E-state index is 0.0235. The number of fused-ring (bicyclic) bond motifs is 1. The van der Waals surface area contributed by atoms with Crippen molar-refractivity contribution in [2.45, 2.75) is 33.1 Å². The molecule has 1 fully saturated rings. The summed E-state index contributed by atoms with van der Waals surface area (Å²) in [5.74, 6) is 1.11. The Morgan fingerprint density at radius 3 is 2.62 bits per heavy atom. The van der Waals surface area contributed by atoms with Crippen molar-refractivity contribution < 1.29 is 9.59 Å². The van der Waals surface area contributed by atoms with Gasteiger partial charge in [-0.1, -0.05) is 13.8 Å². The summed E-state index contributed by atoms with van der Waals surface area (Å²) in [5.41, 5.74) is 2.46. The molecule has 1 N–H and O–H groups in total.